The van der Waals surface area contributed by atoms with Crippen molar-refractivity contribution >= 4 is 17.8 Å². The van der Waals surface area contributed by atoms with Gasteiger partial charge in [0.05, 0.1) is 20.6 Å². The Kier molecular flexibility index (Phi) is 7.11. The molecule has 0 spiro atoms. The summed E-state index contributed by atoms with van der Waals surface area (Å²) in [5, 5.41) is 0. The van der Waals surface area contributed by atoms with Gasteiger partial charge in [-0.05, 0) is 5.41 Å². The van der Waals surface area contributed by atoms with E-state index in [-0.39, 0.29) is 30.8 Å². The Bertz CT molecular complexity index is 332. The molecule has 0 atom stereocenters. The van der Waals surface area contributed by atoms with Crippen molar-refractivity contribution in [2.45, 2.75) is 33.6 Å². The highest BCUT2D eigenvalue weighted by atomic mass is 16.5. The fraction of sp³-hybridized carbons (Fsp3) is 0.769. The molecule has 0 bridgehead atoms. The Hall–Kier alpha value is -1.59. The van der Waals surface area contributed by atoms with Gasteiger partial charge >= 0.3 is 11.9 Å². The Labute approximate surface area is 114 Å². The number of methoxy groups -OCH3 is 2. The summed E-state index contributed by atoms with van der Waals surface area (Å²) in [4.78, 5) is 35.8. The lowest BCUT2D eigenvalue weighted by molar-refractivity contribution is -0.149. The molecule has 0 rings (SSSR count). The van der Waals surface area contributed by atoms with Crippen LogP contribution in [-0.4, -0.2) is 50.1 Å². The summed E-state index contributed by atoms with van der Waals surface area (Å²) in [6.45, 7) is 5.80. The van der Waals surface area contributed by atoms with Crippen molar-refractivity contribution in [2.24, 2.45) is 5.41 Å². The fourth-order valence-corrected chi connectivity index (χ4v) is 1.41. The lowest BCUT2D eigenvalue weighted by Crippen LogP contribution is -2.39. The zero-order chi connectivity index (χ0) is 15.1. The van der Waals surface area contributed by atoms with E-state index in [1.54, 1.807) is 0 Å². The van der Waals surface area contributed by atoms with E-state index in [4.69, 9.17) is 0 Å². The van der Waals surface area contributed by atoms with Crippen molar-refractivity contribution in [1.82, 2.24) is 4.90 Å². The predicted octanol–water partition coefficient (Wildman–Crippen LogP) is 0.987. The first-order valence-corrected chi connectivity index (χ1v) is 6.11. The molecule has 0 heterocycles. The molecule has 0 saturated heterocycles. The number of carbonyl (C=O) groups excluding carboxylic acids is 3. The molecule has 0 saturated carbocycles. The molecule has 0 N–H and O–H groups in total. The highest BCUT2D eigenvalue weighted by Gasteiger charge is 2.23. The molecule has 6 heteroatoms. The van der Waals surface area contributed by atoms with Gasteiger partial charge in [-0.3, -0.25) is 14.4 Å². The zero-order valence-electron chi connectivity index (χ0n) is 12.3. The first-order valence-electron chi connectivity index (χ1n) is 6.11. The number of carbonyl (C=O) groups is 3. The zero-order valence-corrected chi connectivity index (χ0v) is 12.3. The number of amides is 1. The maximum Gasteiger partial charge on any atom is 0.325 e. The van der Waals surface area contributed by atoms with Gasteiger partial charge < -0.3 is 14.4 Å². The van der Waals surface area contributed by atoms with Crippen LogP contribution in [0.15, 0.2) is 0 Å². The van der Waals surface area contributed by atoms with Crippen molar-refractivity contribution in [2.75, 3.05) is 27.3 Å². The van der Waals surface area contributed by atoms with Crippen LogP contribution in [0.1, 0.15) is 33.6 Å². The number of nitrogens with zero attached hydrogens (tertiary/aromatic N) is 1. The van der Waals surface area contributed by atoms with E-state index in [1.165, 1.54) is 19.1 Å². The van der Waals surface area contributed by atoms with E-state index in [0.29, 0.717) is 6.42 Å². The van der Waals surface area contributed by atoms with Crippen molar-refractivity contribution in [3.05, 3.63) is 0 Å². The average Bonchev–Trinajstić information content (AvgIpc) is 2.31. The SMILES string of the molecule is COC(=O)CCN(CC(=O)OC)C(=O)CC(C)(C)C. The fourth-order valence-electron chi connectivity index (χ4n) is 1.41. The molecule has 0 aliphatic heterocycles. The van der Waals surface area contributed by atoms with Crippen molar-refractivity contribution in [1.29, 1.82) is 0 Å². The monoisotopic (exact) mass is 273 g/mol. The van der Waals surface area contributed by atoms with Gasteiger partial charge in [0.25, 0.3) is 0 Å². The van der Waals surface area contributed by atoms with Crippen LogP contribution in [-0.2, 0) is 23.9 Å². The third kappa shape index (κ3) is 8.18. The highest BCUT2D eigenvalue weighted by molar-refractivity contribution is 5.83. The maximum atomic E-state index is 12.1. The summed E-state index contributed by atoms with van der Waals surface area (Å²) >= 11 is 0. The lowest BCUT2D eigenvalue weighted by atomic mass is 9.91. The molecule has 0 unspecified atom stereocenters. The quantitative estimate of drug-likeness (QED) is 0.675. The van der Waals surface area contributed by atoms with Gasteiger partial charge in [-0.1, -0.05) is 20.8 Å². The first kappa shape index (κ1) is 17.4. The molecule has 19 heavy (non-hydrogen) atoms. The van der Waals surface area contributed by atoms with Crippen molar-refractivity contribution in [3.63, 3.8) is 0 Å². The molecule has 0 aromatic rings. The van der Waals surface area contributed by atoms with Crippen molar-refractivity contribution < 1.29 is 23.9 Å². The summed E-state index contributed by atoms with van der Waals surface area (Å²) in [7, 11) is 2.54. The number of hydrogen-bond acceptors (Lipinski definition) is 5. The van der Waals surface area contributed by atoms with Crippen LogP contribution in [0.25, 0.3) is 0 Å². The molecule has 0 fully saturated rings. The Morgan fingerprint density at radius 1 is 1.00 bits per heavy atom. The Morgan fingerprint density at radius 3 is 1.95 bits per heavy atom. The Balaban J connectivity index is 4.61. The van der Waals surface area contributed by atoms with E-state index in [9.17, 15) is 14.4 Å². The van der Waals surface area contributed by atoms with Crippen LogP contribution in [0, 0.1) is 5.41 Å². The number of ether oxygens (including phenoxy) is 2. The van der Waals surface area contributed by atoms with Gasteiger partial charge in [-0.2, -0.15) is 0 Å². The minimum absolute atomic E-state index is 0.0589. The third-order valence-electron chi connectivity index (χ3n) is 2.40. The van der Waals surface area contributed by atoms with Crippen LogP contribution in [0.2, 0.25) is 0 Å². The van der Waals surface area contributed by atoms with Crippen LogP contribution in [0.4, 0.5) is 0 Å². The number of hydrogen-bond donors (Lipinski definition) is 0. The first-order chi connectivity index (χ1) is 8.69. The largest absolute Gasteiger partial charge is 0.469 e. The minimum atomic E-state index is -0.507. The second kappa shape index (κ2) is 7.76. The minimum Gasteiger partial charge on any atom is -0.469 e. The summed E-state index contributed by atoms with van der Waals surface area (Å²) < 4.78 is 9.06. The summed E-state index contributed by atoms with van der Waals surface area (Å²) in [6.07, 6.45) is 0.356. The van der Waals surface area contributed by atoms with Crippen LogP contribution < -0.4 is 0 Å². The standard InChI is InChI=1S/C13H23NO5/c1-13(2,3)8-10(15)14(9-12(17)19-5)7-6-11(16)18-4/h6-9H2,1-5H3. The molecule has 0 aliphatic carbocycles. The summed E-state index contributed by atoms with van der Waals surface area (Å²) in [5.74, 6) is -1.10. The molecule has 0 aromatic heterocycles. The van der Waals surface area contributed by atoms with Gasteiger partial charge in [0.2, 0.25) is 5.91 Å². The normalized spacial score (nSPS) is 10.8. The van der Waals surface area contributed by atoms with Crippen LogP contribution >= 0.6 is 0 Å². The predicted molar refractivity (Wildman–Crippen MR) is 69.3 cm³/mol. The second-order valence-corrected chi connectivity index (χ2v) is 5.45. The number of esters is 2. The van der Waals surface area contributed by atoms with E-state index in [0.717, 1.165) is 0 Å². The molecule has 0 radical (unpaired) electrons. The summed E-state index contributed by atoms with van der Waals surface area (Å²) in [5.41, 5.74) is -0.184. The van der Waals surface area contributed by atoms with Crippen LogP contribution in [0.3, 0.4) is 0 Å². The van der Waals surface area contributed by atoms with Gasteiger partial charge in [0.15, 0.2) is 0 Å². The molecule has 6 nitrogen and oxygen atoms in total. The lowest BCUT2D eigenvalue weighted by Gasteiger charge is -2.25. The van der Waals surface area contributed by atoms with Gasteiger partial charge in [0.1, 0.15) is 6.54 Å². The third-order valence-corrected chi connectivity index (χ3v) is 2.40. The second-order valence-electron chi connectivity index (χ2n) is 5.45. The Morgan fingerprint density at radius 2 is 1.53 bits per heavy atom. The molecule has 1 amide bonds. The molecule has 110 valence electrons. The molecular formula is C13H23NO5. The summed E-state index contributed by atoms with van der Waals surface area (Å²) in [6, 6.07) is 0. The average molecular weight is 273 g/mol. The van der Waals surface area contributed by atoms with Gasteiger partial charge in [-0.25, -0.2) is 0 Å². The van der Waals surface area contributed by atoms with Gasteiger partial charge in [0, 0.05) is 13.0 Å². The highest BCUT2D eigenvalue weighted by Crippen LogP contribution is 2.19. The molecule has 0 aromatic carbocycles. The van der Waals surface area contributed by atoms with E-state index < -0.39 is 11.9 Å². The van der Waals surface area contributed by atoms with Crippen molar-refractivity contribution in [3.8, 4) is 0 Å². The van der Waals surface area contributed by atoms with E-state index >= 15 is 0 Å². The van der Waals surface area contributed by atoms with E-state index in [1.807, 2.05) is 20.8 Å². The van der Waals surface area contributed by atoms with E-state index in [2.05, 4.69) is 9.47 Å². The van der Waals surface area contributed by atoms with Crippen LogP contribution in [0.5, 0.6) is 0 Å². The number of rotatable bonds is 6. The smallest absolute Gasteiger partial charge is 0.325 e. The molecule has 0 aliphatic rings. The topological polar surface area (TPSA) is 72.9 Å². The maximum absolute atomic E-state index is 12.1. The van der Waals surface area contributed by atoms with Gasteiger partial charge in [-0.15, -0.1) is 0 Å². The molecular weight excluding hydrogens is 250 g/mol.